The van der Waals surface area contributed by atoms with Gasteiger partial charge in [0.1, 0.15) is 23.0 Å². The summed E-state index contributed by atoms with van der Waals surface area (Å²) in [5, 5.41) is 20.2. The number of carbonyl (C=O) groups is 3. The Balaban J connectivity index is 1.32. The second kappa shape index (κ2) is 16.5. The summed E-state index contributed by atoms with van der Waals surface area (Å²) in [7, 11) is 0. The zero-order valence-corrected chi connectivity index (χ0v) is 27.8. The summed E-state index contributed by atoms with van der Waals surface area (Å²) < 4.78 is 11.8. The average molecular weight is 660 g/mol. The third-order valence-electron chi connectivity index (χ3n) is 8.71. The molecule has 0 heterocycles. The Kier molecular flexibility index (Phi) is 11.7. The van der Waals surface area contributed by atoms with Crippen molar-refractivity contribution in [2.75, 3.05) is 13.1 Å². The highest BCUT2D eigenvalue weighted by Crippen LogP contribution is 2.48. The van der Waals surface area contributed by atoms with Crippen LogP contribution in [0.2, 0.25) is 0 Å². The molecule has 1 aliphatic carbocycles. The van der Waals surface area contributed by atoms with Crippen molar-refractivity contribution in [2.45, 2.75) is 39.8 Å². The van der Waals surface area contributed by atoms with Crippen LogP contribution in [0.3, 0.4) is 0 Å². The molecule has 0 spiro atoms. The molecule has 0 radical (unpaired) electrons. The number of hydrogen-bond acceptors (Lipinski definition) is 6. The van der Waals surface area contributed by atoms with Gasteiger partial charge in [-0.2, -0.15) is 5.26 Å². The van der Waals surface area contributed by atoms with E-state index in [4.69, 9.17) is 9.47 Å². The van der Waals surface area contributed by atoms with Gasteiger partial charge in [-0.25, -0.2) is 0 Å². The number of aliphatic carboxylic acids is 1. The summed E-state index contributed by atoms with van der Waals surface area (Å²) in [5.41, 5.74) is 1.68. The smallest absolute Gasteiger partial charge is 0.308 e. The Morgan fingerprint density at radius 2 is 1.00 bits per heavy atom. The number of benzene rings is 4. The minimum absolute atomic E-state index is 0.231. The van der Waals surface area contributed by atoms with Gasteiger partial charge < -0.3 is 24.4 Å². The quantitative estimate of drug-likeness (QED) is 0.140. The number of carboxylic acids is 1. The molecular weight excluding hydrogens is 618 g/mol. The van der Waals surface area contributed by atoms with Crippen molar-refractivity contribution in [3.05, 3.63) is 120 Å². The molecular formula is C40H41N3O6. The minimum atomic E-state index is -1.27. The van der Waals surface area contributed by atoms with E-state index in [0.717, 1.165) is 11.1 Å². The van der Waals surface area contributed by atoms with E-state index in [1.54, 1.807) is 9.80 Å². The highest BCUT2D eigenvalue weighted by Gasteiger charge is 2.62. The molecule has 1 saturated carbocycles. The zero-order valence-electron chi connectivity index (χ0n) is 27.8. The van der Waals surface area contributed by atoms with E-state index in [1.807, 2.05) is 123 Å². The third-order valence-corrected chi connectivity index (χ3v) is 8.71. The van der Waals surface area contributed by atoms with Crippen LogP contribution in [0, 0.1) is 35.0 Å². The van der Waals surface area contributed by atoms with Gasteiger partial charge in [-0.15, -0.1) is 0 Å². The monoisotopic (exact) mass is 659 g/mol. The number of nitrogens with zero attached hydrogens (tertiary/aromatic N) is 3. The van der Waals surface area contributed by atoms with Crippen LogP contribution in [0.4, 0.5) is 0 Å². The predicted molar refractivity (Wildman–Crippen MR) is 185 cm³/mol. The number of hydrogen-bond donors (Lipinski definition) is 1. The van der Waals surface area contributed by atoms with Gasteiger partial charge in [0.15, 0.2) is 0 Å². The molecule has 1 N–H and O–H groups in total. The van der Waals surface area contributed by atoms with Gasteiger partial charge >= 0.3 is 5.97 Å². The van der Waals surface area contributed by atoms with E-state index in [0.29, 0.717) is 48.9 Å². The van der Waals surface area contributed by atoms with Crippen molar-refractivity contribution in [1.82, 2.24) is 9.80 Å². The summed E-state index contributed by atoms with van der Waals surface area (Å²) in [6.45, 7) is 5.13. The van der Waals surface area contributed by atoms with Crippen LogP contribution in [-0.4, -0.2) is 45.8 Å². The fourth-order valence-corrected chi connectivity index (χ4v) is 6.34. The lowest BCUT2D eigenvalue weighted by Gasteiger charge is -2.47. The SMILES string of the molecule is CCCN(Cc1ccc(Oc2ccccc2)cc1)C(=O)C1C(C#N)C(C(=O)O)C1C(=O)N(CCC)Cc1ccc(Oc2ccccc2)cc1. The lowest BCUT2D eigenvalue weighted by Crippen LogP contribution is -2.62. The normalized spacial score (nSPS) is 18.0. The lowest BCUT2D eigenvalue weighted by atomic mass is 9.56. The van der Waals surface area contributed by atoms with Crippen molar-refractivity contribution in [2.24, 2.45) is 23.7 Å². The fourth-order valence-electron chi connectivity index (χ4n) is 6.34. The van der Waals surface area contributed by atoms with Gasteiger partial charge in [0.2, 0.25) is 11.8 Å². The van der Waals surface area contributed by atoms with Crippen LogP contribution in [0.15, 0.2) is 109 Å². The van der Waals surface area contributed by atoms with Gasteiger partial charge in [-0.3, -0.25) is 14.4 Å². The number of para-hydroxylation sites is 2. The van der Waals surface area contributed by atoms with Crippen LogP contribution in [0.1, 0.15) is 37.8 Å². The van der Waals surface area contributed by atoms with Crippen molar-refractivity contribution in [3.63, 3.8) is 0 Å². The van der Waals surface area contributed by atoms with Crippen LogP contribution in [0.25, 0.3) is 0 Å². The van der Waals surface area contributed by atoms with E-state index in [2.05, 4.69) is 6.07 Å². The van der Waals surface area contributed by atoms with Crippen LogP contribution in [-0.2, 0) is 27.5 Å². The molecule has 0 saturated heterocycles. The standard InChI is InChI=1S/C40H41N3O6/c1-3-23-42(26-28-15-19-32(20-16-28)48-30-11-7-5-8-12-30)38(44)35-34(25-41)36(40(46)47)37(35)39(45)43(24-4-2)27-29-17-21-33(22-18-29)49-31-13-9-6-10-14-31/h5-22,34-37H,3-4,23-24,26-27H2,1-2H3,(H,46,47). The van der Waals surface area contributed by atoms with Crippen LogP contribution >= 0.6 is 0 Å². The first-order valence-corrected chi connectivity index (χ1v) is 16.7. The molecule has 5 rings (SSSR count). The number of rotatable bonds is 15. The zero-order chi connectivity index (χ0) is 34.8. The maximum Gasteiger partial charge on any atom is 0.308 e. The Labute approximate surface area is 287 Å². The lowest BCUT2D eigenvalue weighted by molar-refractivity contribution is -0.174. The molecule has 4 aromatic rings. The molecule has 0 aliphatic heterocycles. The third kappa shape index (κ3) is 8.46. The first-order valence-electron chi connectivity index (χ1n) is 16.7. The molecule has 49 heavy (non-hydrogen) atoms. The number of amides is 2. The largest absolute Gasteiger partial charge is 0.481 e. The maximum absolute atomic E-state index is 14.2. The number of carboxylic acid groups (broad SMARTS) is 1. The van der Waals surface area contributed by atoms with Crippen molar-refractivity contribution >= 4 is 17.8 Å². The maximum atomic E-state index is 14.2. The van der Waals surface area contributed by atoms with Crippen LogP contribution < -0.4 is 9.47 Å². The second-order valence-corrected chi connectivity index (χ2v) is 12.2. The number of nitriles is 1. The molecule has 252 valence electrons. The molecule has 1 aliphatic rings. The van der Waals surface area contributed by atoms with Gasteiger partial charge in [0, 0.05) is 26.2 Å². The second-order valence-electron chi connectivity index (χ2n) is 12.2. The molecule has 9 heteroatoms. The molecule has 4 unspecified atom stereocenters. The summed E-state index contributed by atoms with van der Waals surface area (Å²) in [4.78, 5) is 44.0. The Hall–Kier alpha value is -5.62. The number of ether oxygens (including phenoxy) is 2. The van der Waals surface area contributed by atoms with Crippen molar-refractivity contribution in [1.29, 1.82) is 5.26 Å². The van der Waals surface area contributed by atoms with E-state index in [9.17, 15) is 24.8 Å². The van der Waals surface area contributed by atoms with Gasteiger partial charge in [-0.05, 0) is 72.5 Å². The van der Waals surface area contributed by atoms with Crippen LogP contribution in [0.5, 0.6) is 23.0 Å². The number of carbonyl (C=O) groups excluding carboxylic acids is 2. The highest BCUT2D eigenvalue weighted by molar-refractivity contribution is 5.95. The molecule has 9 nitrogen and oxygen atoms in total. The summed E-state index contributed by atoms with van der Waals surface area (Å²) in [6.07, 6.45) is 1.29. The first kappa shape index (κ1) is 34.7. The van der Waals surface area contributed by atoms with E-state index < -0.39 is 35.5 Å². The molecule has 0 bridgehead atoms. The summed E-state index contributed by atoms with van der Waals surface area (Å²) in [5.74, 6) is -3.95. The van der Waals surface area contributed by atoms with Gasteiger partial charge in [-0.1, -0.05) is 74.5 Å². The molecule has 4 aromatic carbocycles. The van der Waals surface area contributed by atoms with Crippen molar-refractivity contribution in [3.8, 4) is 29.1 Å². The van der Waals surface area contributed by atoms with Gasteiger partial charge in [0.05, 0.1) is 29.7 Å². The average Bonchev–Trinajstić information content (AvgIpc) is 3.10. The van der Waals surface area contributed by atoms with E-state index >= 15 is 0 Å². The first-order chi connectivity index (χ1) is 23.8. The molecule has 1 fully saturated rings. The summed E-state index contributed by atoms with van der Waals surface area (Å²) >= 11 is 0. The Morgan fingerprint density at radius 1 is 0.612 bits per heavy atom. The van der Waals surface area contributed by atoms with Crippen molar-refractivity contribution < 1.29 is 29.0 Å². The van der Waals surface area contributed by atoms with Gasteiger partial charge in [0.25, 0.3) is 0 Å². The Bertz CT molecular complexity index is 1740. The van der Waals surface area contributed by atoms with E-state index in [1.165, 1.54) is 0 Å². The minimum Gasteiger partial charge on any atom is -0.481 e. The topological polar surface area (TPSA) is 120 Å². The predicted octanol–water partition coefficient (Wildman–Crippen LogP) is 7.54. The Morgan fingerprint density at radius 3 is 1.37 bits per heavy atom. The molecule has 0 aromatic heterocycles. The summed E-state index contributed by atoms with van der Waals surface area (Å²) in [6, 6.07) is 35.6. The van der Waals surface area contributed by atoms with E-state index in [-0.39, 0.29) is 19.0 Å². The molecule has 2 amide bonds. The highest BCUT2D eigenvalue weighted by atomic mass is 16.5. The fraction of sp³-hybridized carbons (Fsp3) is 0.300. The molecule has 4 atom stereocenters.